The number of ether oxygens (including phenoxy) is 1. The minimum Gasteiger partial charge on any atom is -0.453 e. The number of benzene rings is 2. The number of halogens is 6. The number of aromatic nitrogens is 1. The second-order valence-electron chi connectivity index (χ2n) is 6.70. The number of hydrogen-bond acceptors (Lipinski definition) is 6. The number of amides is 1. The van der Waals surface area contributed by atoms with Gasteiger partial charge in [-0.1, -0.05) is 35.3 Å². The van der Waals surface area contributed by atoms with Gasteiger partial charge in [-0.25, -0.2) is 14.4 Å². The highest BCUT2D eigenvalue weighted by molar-refractivity contribution is 6.34. The van der Waals surface area contributed by atoms with Crippen LogP contribution >= 0.6 is 23.2 Å². The average Bonchev–Trinajstić information content (AvgIpc) is 2.79. The summed E-state index contributed by atoms with van der Waals surface area (Å²) in [6, 6.07) is 10.00. The molecule has 1 heterocycles. The Labute approximate surface area is 206 Å². The number of pyridine rings is 1. The molecule has 182 valence electrons. The SMILES string of the molecule is NC=C(C(=O)Nc1ccc(Oc2ccnc(N)c2Cl)c(F)c1)C(=Nc1ccccc1Cl)C(F)(F)F. The Hall–Kier alpha value is -3.83. The zero-order valence-corrected chi connectivity index (χ0v) is 18.9. The fraction of sp³-hybridized carbons (Fsp3) is 0.0455. The standard InChI is InChI=1S/C22H15Cl2F4N5O2/c23-13-3-1-2-4-15(13)33-19(22(26,27)28)12(10-29)21(34)32-11-5-6-16(14(25)9-11)35-17-7-8-31-20(30)18(17)24/h1-10H,29H2,(H2,30,31)(H,32,34). The molecule has 3 rings (SSSR count). The average molecular weight is 528 g/mol. The number of para-hydroxylation sites is 1. The van der Waals surface area contributed by atoms with Gasteiger partial charge in [0.1, 0.15) is 10.8 Å². The second kappa shape index (κ2) is 10.6. The molecule has 0 fully saturated rings. The summed E-state index contributed by atoms with van der Waals surface area (Å²) in [5.74, 6) is -2.54. The van der Waals surface area contributed by atoms with E-state index in [1.165, 1.54) is 42.6 Å². The molecule has 0 aliphatic rings. The lowest BCUT2D eigenvalue weighted by molar-refractivity contribution is -0.113. The van der Waals surface area contributed by atoms with Crippen molar-refractivity contribution in [1.29, 1.82) is 0 Å². The first kappa shape index (κ1) is 25.8. The monoisotopic (exact) mass is 527 g/mol. The van der Waals surface area contributed by atoms with Gasteiger partial charge in [0.25, 0.3) is 5.91 Å². The summed E-state index contributed by atoms with van der Waals surface area (Å²) in [5.41, 5.74) is 7.90. The van der Waals surface area contributed by atoms with Crippen molar-refractivity contribution in [2.24, 2.45) is 10.7 Å². The molecule has 0 atom stereocenters. The lowest BCUT2D eigenvalue weighted by Gasteiger charge is -2.15. The molecular weight excluding hydrogens is 513 g/mol. The van der Waals surface area contributed by atoms with Gasteiger partial charge in [-0.3, -0.25) is 4.79 Å². The highest BCUT2D eigenvalue weighted by Crippen LogP contribution is 2.34. The third-order valence-electron chi connectivity index (χ3n) is 4.31. The van der Waals surface area contributed by atoms with Crippen LogP contribution in [-0.2, 0) is 4.79 Å². The molecular formula is C22H15Cl2F4N5O2. The number of nitrogens with zero attached hydrogens (tertiary/aromatic N) is 2. The molecule has 7 nitrogen and oxygen atoms in total. The van der Waals surface area contributed by atoms with E-state index in [9.17, 15) is 22.4 Å². The van der Waals surface area contributed by atoms with Crippen LogP contribution in [0.25, 0.3) is 0 Å². The molecule has 0 aliphatic heterocycles. The van der Waals surface area contributed by atoms with Crippen LogP contribution in [0.3, 0.4) is 0 Å². The lowest BCUT2D eigenvalue weighted by Crippen LogP contribution is -2.32. The summed E-state index contributed by atoms with van der Waals surface area (Å²) in [7, 11) is 0. The van der Waals surface area contributed by atoms with Crippen molar-refractivity contribution in [3.05, 3.63) is 82.4 Å². The van der Waals surface area contributed by atoms with E-state index < -0.39 is 29.2 Å². The number of carbonyl (C=O) groups excluding carboxylic acids is 1. The van der Waals surface area contributed by atoms with Gasteiger partial charge in [0.15, 0.2) is 23.0 Å². The maximum Gasteiger partial charge on any atom is 0.434 e. The van der Waals surface area contributed by atoms with Crippen LogP contribution in [0.2, 0.25) is 10.0 Å². The molecule has 0 radical (unpaired) electrons. The van der Waals surface area contributed by atoms with Crippen LogP contribution < -0.4 is 21.5 Å². The first-order valence-electron chi connectivity index (χ1n) is 9.52. The number of nitrogens with two attached hydrogens (primary N) is 2. The van der Waals surface area contributed by atoms with Crippen LogP contribution in [-0.4, -0.2) is 22.8 Å². The highest BCUT2D eigenvalue weighted by atomic mass is 35.5. The Morgan fingerprint density at radius 3 is 2.46 bits per heavy atom. The molecule has 3 aromatic rings. The largest absolute Gasteiger partial charge is 0.453 e. The molecule has 0 aliphatic carbocycles. The fourth-order valence-electron chi connectivity index (χ4n) is 2.70. The summed E-state index contributed by atoms with van der Waals surface area (Å²) in [6.45, 7) is 0. The van der Waals surface area contributed by atoms with Crippen LogP contribution in [0, 0.1) is 5.82 Å². The molecule has 1 amide bonds. The first-order chi connectivity index (χ1) is 16.5. The summed E-state index contributed by atoms with van der Waals surface area (Å²) >= 11 is 11.8. The summed E-state index contributed by atoms with van der Waals surface area (Å²) in [4.78, 5) is 19.8. The number of alkyl halides is 3. The predicted octanol–water partition coefficient (Wildman–Crippen LogP) is 6.02. The van der Waals surface area contributed by atoms with Crippen molar-refractivity contribution >= 4 is 52.0 Å². The smallest absolute Gasteiger partial charge is 0.434 e. The Balaban J connectivity index is 1.86. The molecule has 35 heavy (non-hydrogen) atoms. The first-order valence-corrected chi connectivity index (χ1v) is 10.3. The maximum absolute atomic E-state index is 14.6. The van der Waals surface area contributed by atoms with Crippen molar-refractivity contribution in [3.8, 4) is 11.5 Å². The van der Waals surface area contributed by atoms with Gasteiger partial charge < -0.3 is 21.5 Å². The molecule has 0 saturated heterocycles. The third kappa shape index (κ3) is 6.19. The van der Waals surface area contributed by atoms with Crippen LogP contribution in [0.5, 0.6) is 11.5 Å². The number of nitrogens with one attached hydrogen (secondary N) is 1. The van der Waals surface area contributed by atoms with Crippen molar-refractivity contribution in [2.75, 3.05) is 11.1 Å². The van der Waals surface area contributed by atoms with E-state index >= 15 is 0 Å². The van der Waals surface area contributed by atoms with Crippen LogP contribution in [0.4, 0.5) is 34.8 Å². The molecule has 5 N–H and O–H groups in total. The number of hydrogen-bond donors (Lipinski definition) is 3. The van der Waals surface area contributed by atoms with Gasteiger partial charge in [-0.05, 0) is 24.3 Å². The molecule has 2 aromatic carbocycles. The van der Waals surface area contributed by atoms with Gasteiger partial charge in [-0.2, -0.15) is 13.2 Å². The van der Waals surface area contributed by atoms with Gasteiger partial charge in [0.2, 0.25) is 0 Å². The lowest BCUT2D eigenvalue weighted by atomic mass is 10.1. The normalized spacial score (nSPS) is 12.4. The molecule has 0 spiro atoms. The number of aliphatic imine (C=N–C) groups is 1. The second-order valence-corrected chi connectivity index (χ2v) is 7.48. The topological polar surface area (TPSA) is 116 Å². The maximum atomic E-state index is 14.6. The van der Waals surface area contributed by atoms with E-state index in [0.29, 0.717) is 6.20 Å². The third-order valence-corrected chi connectivity index (χ3v) is 5.01. The van der Waals surface area contributed by atoms with Gasteiger partial charge in [0, 0.05) is 30.2 Å². The summed E-state index contributed by atoms with van der Waals surface area (Å²) in [6.07, 6.45) is -3.31. The van der Waals surface area contributed by atoms with Gasteiger partial charge >= 0.3 is 6.18 Å². The van der Waals surface area contributed by atoms with E-state index in [1.54, 1.807) is 0 Å². The van der Waals surface area contributed by atoms with Crippen LogP contribution in [0.15, 0.2) is 71.5 Å². The zero-order valence-electron chi connectivity index (χ0n) is 17.4. The minimum absolute atomic E-state index is 0.0220. The molecule has 0 saturated carbocycles. The Morgan fingerprint density at radius 2 is 1.83 bits per heavy atom. The summed E-state index contributed by atoms with van der Waals surface area (Å²) < 4.78 is 61.0. The molecule has 13 heteroatoms. The van der Waals surface area contributed by atoms with Gasteiger partial charge in [-0.15, -0.1) is 0 Å². The number of carbonyl (C=O) groups is 1. The van der Waals surface area contributed by atoms with Crippen LogP contribution in [0.1, 0.15) is 0 Å². The van der Waals surface area contributed by atoms with Crippen molar-refractivity contribution < 1.29 is 27.1 Å². The van der Waals surface area contributed by atoms with Crippen molar-refractivity contribution in [1.82, 2.24) is 4.98 Å². The van der Waals surface area contributed by atoms with E-state index in [1.807, 2.05) is 0 Å². The fourth-order valence-corrected chi connectivity index (χ4v) is 3.03. The predicted molar refractivity (Wildman–Crippen MR) is 126 cm³/mol. The van der Waals surface area contributed by atoms with Crippen molar-refractivity contribution in [3.63, 3.8) is 0 Å². The number of nitrogen functional groups attached to an aromatic ring is 1. The van der Waals surface area contributed by atoms with E-state index in [-0.39, 0.29) is 38.7 Å². The highest BCUT2D eigenvalue weighted by Gasteiger charge is 2.40. The minimum atomic E-state index is -5.06. The quantitative estimate of drug-likeness (QED) is 0.206. The van der Waals surface area contributed by atoms with Crippen molar-refractivity contribution in [2.45, 2.75) is 6.18 Å². The van der Waals surface area contributed by atoms with E-state index in [4.69, 9.17) is 39.4 Å². The molecule has 1 aromatic heterocycles. The Morgan fingerprint density at radius 1 is 1.11 bits per heavy atom. The van der Waals surface area contributed by atoms with Gasteiger partial charge in [0.05, 0.1) is 16.3 Å². The van der Waals surface area contributed by atoms with E-state index in [0.717, 1.165) is 12.1 Å². The molecule has 0 bridgehead atoms. The Bertz CT molecular complexity index is 1330. The Kier molecular flexibility index (Phi) is 7.82. The molecule has 0 unspecified atom stereocenters. The summed E-state index contributed by atoms with van der Waals surface area (Å²) in [5, 5.41) is 2.03. The number of anilines is 2. The number of rotatable bonds is 6. The zero-order chi connectivity index (χ0) is 25.8. The van der Waals surface area contributed by atoms with E-state index in [2.05, 4.69) is 15.3 Å².